The molecule has 0 unspecified atom stereocenters. The maximum atomic E-state index is 13.1. The number of aromatic amines is 1. The quantitative estimate of drug-likeness (QED) is 0.120. The van der Waals surface area contributed by atoms with Crippen LogP contribution in [0.4, 0.5) is 17.3 Å². The van der Waals surface area contributed by atoms with Crippen molar-refractivity contribution in [3.05, 3.63) is 88.2 Å². The van der Waals surface area contributed by atoms with Crippen molar-refractivity contribution in [3.63, 3.8) is 0 Å². The van der Waals surface area contributed by atoms with Crippen molar-refractivity contribution in [3.8, 4) is 11.4 Å². The Labute approximate surface area is 254 Å². The summed E-state index contributed by atoms with van der Waals surface area (Å²) < 4.78 is 27.8. The number of amides is 2. The summed E-state index contributed by atoms with van der Waals surface area (Å²) >= 11 is 12.8. The summed E-state index contributed by atoms with van der Waals surface area (Å²) in [5.74, 6) is -1.26. The number of nitrogens with zero attached hydrogens (tertiary/aromatic N) is 4. The van der Waals surface area contributed by atoms with Crippen LogP contribution >= 0.6 is 23.2 Å². The first-order chi connectivity index (χ1) is 20.4. The Hall–Kier alpha value is -4.76. The summed E-state index contributed by atoms with van der Waals surface area (Å²) in [7, 11) is -0.323. The number of imidazole rings is 1. The number of hydrogen-bond donors (Lipinski definition) is 5. The van der Waals surface area contributed by atoms with Crippen LogP contribution in [0.15, 0.2) is 71.9 Å². The predicted molar refractivity (Wildman–Crippen MR) is 162 cm³/mol. The molecule has 0 bridgehead atoms. The van der Waals surface area contributed by atoms with Crippen molar-refractivity contribution in [1.29, 1.82) is 0 Å². The van der Waals surface area contributed by atoms with Gasteiger partial charge in [0.05, 0.1) is 37.1 Å². The van der Waals surface area contributed by atoms with Crippen LogP contribution in [-0.4, -0.2) is 59.5 Å². The Kier molecular flexibility index (Phi) is 8.19. The van der Waals surface area contributed by atoms with E-state index in [-0.39, 0.29) is 27.0 Å². The lowest BCUT2D eigenvalue weighted by molar-refractivity contribution is 0.0705. The van der Waals surface area contributed by atoms with Crippen molar-refractivity contribution in [2.45, 2.75) is 4.90 Å². The van der Waals surface area contributed by atoms with Gasteiger partial charge in [-0.1, -0.05) is 23.2 Å². The van der Waals surface area contributed by atoms with Gasteiger partial charge in [-0.15, -0.1) is 0 Å². The van der Waals surface area contributed by atoms with E-state index in [9.17, 15) is 18.0 Å². The summed E-state index contributed by atoms with van der Waals surface area (Å²) in [6.45, 7) is 0. The molecule has 220 valence electrons. The molecule has 0 saturated heterocycles. The number of aromatic nitrogens is 4. The maximum Gasteiger partial charge on any atom is 0.277 e. The fraction of sp³-hybridized carbons (Fsp3) is 0.0741. The average molecular weight is 641 g/mol. The van der Waals surface area contributed by atoms with Gasteiger partial charge in [-0.25, -0.2) is 33.6 Å². The van der Waals surface area contributed by atoms with Gasteiger partial charge >= 0.3 is 0 Å². The third-order valence-corrected chi connectivity index (χ3v) is 8.17. The third kappa shape index (κ3) is 6.36. The second-order valence-electron chi connectivity index (χ2n) is 9.31. The molecule has 5 aromatic rings. The predicted octanol–water partition coefficient (Wildman–Crippen LogP) is 4.56. The van der Waals surface area contributed by atoms with Gasteiger partial charge in [0.2, 0.25) is 5.95 Å². The van der Waals surface area contributed by atoms with E-state index in [1.807, 2.05) is 37.2 Å². The second-order valence-corrected chi connectivity index (χ2v) is 11.8. The lowest BCUT2D eigenvalue weighted by atomic mass is 10.1. The average Bonchev–Trinajstić information content (AvgIpc) is 3.41. The maximum absolute atomic E-state index is 13.1. The second kappa shape index (κ2) is 11.9. The van der Waals surface area contributed by atoms with E-state index in [1.165, 1.54) is 17.6 Å². The van der Waals surface area contributed by atoms with Gasteiger partial charge in [-0.3, -0.25) is 14.8 Å². The van der Waals surface area contributed by atoms with Crippen molar-refractivity contribution in [1.82, 2.24) is 25.4 Å². The monoisotopic (exact) mass is 640 g/mol. The molecule has 5 N–H and O–H groups in total. The molecule has 0 spiro atoms. The highest BCUT2D eigenvalue weighted by Gasteiger charge is 2.20. The van der Waals surface area contributed by atoms with Crippen molar-refractivity contribution < 1.29 is 23.2 Å². The molecule has 0 aliphatic carbocycles. The summed E-state index contributed by atoms with van der Waals surface area (Å²) in [4.78, 5) is 41.6. The Morgan fingerprint density at radius 1 is 0.930 bits per heavy atom. The number of carbonyl (C=O) groups is 2. The summed E-state index contributed by atoms with van der Waals surface area (Å²) in [6.07, 6.45) is 2.04. The molecular formula is C27H22Cl2N8O5S. The molecule has 0 aliphatic heterocycles. The van der Waals surface area contributed by atoms with Crippen LogP contribution in [0.25, 0.3) is 22.4 Å². The highest BCUT2D eigenvalue weighted by molar-refractivity contribution is 7.92. The molecular weight excluding hydrogens is 619 g/mol. The smallest absolute Gasteiger partial charge is 0.277 e. The molecule has 2 amide bonds. The molecule has 43 heavy (non-hydrogen) atoms. The van der Waals surface area contributed by atoms with Gasteiger partial charge in [0.25, 0.3) is 21.8 Å². The first-order valence-corrected chi connectivity index (χ1v) is 14.6. The zero-order valence-corrected chi connectivity index (χ0v) is 24.7. The SMILES string of the molecule is CN(C)c1ccc2nc(-c3cc(NC(=O)c4ccc(S(=O)(=O)Nc5ncc(C(=O)NO)cn5)cc4Cl)ccc3Cl)[nH]c2c1. The molecule has 5 rings (SSSR count). The lowest BCUT2D eigenvalue weighted by Crippen LogP contribution is -2.20. The number of sulfonamides is 1. The number of hydroxylamine groups is 1. The minimum atomic E-state index is -4.20. The summed E-state index contributed by atoms with van der Waals surface area (Å²) in [6, 6.07) is 14.3. The molecule has 16 heteroatoms. The number of H-pyrrole nitrogens is 1. The molecule has 0 atom stereocenters. The highest BCUT2D eigenvalue weighted by Crippen LogP contribution is 2.32. The van der Waals surface area contributed by atoms with E-state index in [0.717, 1.165) is 35.2 Å². The standard InChI is InChI=1S/C27H22Cl2N8O5S/c1-37(2)16-4-8-22-23(10-16)34-24(33-22)19-9-15(3-7-20(19)28)32-26(39)18-6-5-17(11-21(18)29)43(41,42)36-27-30-12-14(13-31-27)25(38)35-40/h3-13,40H,1-2H3,(H,32,39)(H,33,34)(H,35,38)(H,30,31,36). The fourth-order valence-electron chi connectivity index (χ4n) is 3.98. The van der Waals surface area contributed by atoms with Crippen molar-refractivity contribution in [2.24, 2.45) is 0 Å². The minimum absolute atomic E-state index is 0.0210. The fourth-order valence-corrected chi connectivity index (χ4v) is 5.50. The van der Waals surface area contributed by atoms with E-state index in [2.05, 4.69) is 30.0 Å². The van der Waals surface area contributed by atoms with Gasteiger partial charge in [-0.2, -0.15) is 0 Å². The number of anilines is 3. The number of benzene rings is 3. The van der Waals surface area contributed by atoms with Crippen molar-refractivity contribution in [2.75, 3.05) is 29.0 Å². The van der Waals surface area contributed by atoms with Crippen LogP contribution in [0.3, 0.4) is 0 Å². The highest BCUT2D eigenvalue weighted by atomic mass is 35.5. The molecule has 0 radical (unpaired) electrons. The number of rotatable bonds is 8. The Morgan fingerprint density at radius 2 is 1.67 bits per heavy atom. The van der Waals surface area contributed by atoms with E-state index in [1.54, 1.807) is 18.2 Å². The first-order valence-electron chi connectivity index (χ1n) is 12.3. The molecule has 2 aromatic heterocycles. The Balaban J connectivity index is 1.33. The van der Waals surface area contributed by atoms with Gasteiger partial charge in [0, 0.05) is 43.4 Å². The zero-order chi connectivity index (χ0) is 30.9. The molecule has 0 fully saturated rings. The van der Waals surface area contributed by atoms with Crippen LogP contribution < -0.4 is 20.4 Å². The van der Waals surface area contributed by atoms with Gasteiger partial charge in [0.1, 0.15) is 5.82 Å². The number of fused-ring (bicyclic) bond motifs is 1. The zero-order valence-electron chi connectivity index (χ0n) is 22.4. The van der Waals surface area contributed by atoms with Crippen LogP contribution in [0, 0.1) is 0 Å². The minimum Gasteiger partial charge on any atom is -0.378 e. The van der Waals surface area contributed by atoms with E-state index in [0.29, 0.717) is 22.1 Å². The summed E-state index contributed by atoms with van der Waals surface area (Å²) in [5.41, 5.74) is 4.88. The largest absolute Gasteiger partial charge is 0.378 e. The van der Waals surface area contributed by atoms with Gasteiger partial charge < -0.3 is 15.2 Å². The molecule has 0 aliphatic rings. The number of carbonyl (C=O) groups excluding carboxylic acids is 2. The molecule has 13 nitrogen and oxygen atoms in total. The van der Waals surface area contributed by atoms with Crippen molar-refractivity contribution >= 4 is 73.4 Å². The third-order valence-electron chi connectivity index (χ3n) is 6.20. The van der Waals surface area contributed by atoms with Crippen LogP contribution in [0.5, 0.6) is 0 Å². The van der Waals surface area contributed by atoms with Crippen LogP contribution in [0.2, 0.25) is 10.0 Å². The van der Waals surface area contributed by atoms with Crippen LogP contribution in [0.1, 0.15) is 20.7 Å². The Morgan fingerprint density at radius 3 is 2.35 bits per heavy atom. The van der Waals surface area contributed by atoms with E-state index >= 15 is 0 Å². The number of halogens is 2. The first kappa shape index (κ1) is 29.7. The molecule has 3 aromatic carbocycles. The van der Waals surface area contributed by atoms with Gasteiger partial charge in [-0.05, 0) is 54.6 Å². The number of nitrogens with one attached hydrogen (secondary N) is 4. The van der Waals surface area contributed by atoms with E-state index < -0.39 is 21.8 Å². The molecule has 0 saturated carbocycles. The number of hydrogen-bond acceptors (Lipinski definition) is 9. The Bertz CT molecular complexity index is 1980. The van der Waals surface area contributed by atoms with Crippen LogP contribution in [-0.2, 0) is 10.0 Å². The lowest BCUT2D eigenvalue weighted by Gasteiger charge is -2.11. The van der Waals surface area contributed by atoms with E-state index in [4.69, 9.17) is 28.4 Å². The topological polar surface area (TPSA) is 182 Å². The summed E-state index contributed by atoms with van der Waals surface area (Å²) in [5, 5.41) is 11.7. The molecule has 2 heterocycles. The van der Waals surface area contributed by atoms with Gasteiger partial charge in [0.15, 0.2) is 0 Å². The normalized spacial score (nSPS) is 11.3.